The molecule has 1 heterocycles. The Morgan fingerprint density at radius 1 is 1.43 bits per heavy atom. The van der Waals surface area contributed by atoms with E-state index >= 15 is 0 Å². The third-order valence-electron chi connectivity index (χ3n) is 4.05. The summed E-state index contributed by atoms with van der Waals surface area (Å²) in [6.07, 6.45) is -0.180. The fourth-order valence-electron chi connectivity index (χ4n) is 2.80. The average Bonchev–Trinajstić information content (AvgIpc) is 2.81. The molecule has 1 fully saturated rings. The number of aryl methyl sites for hydroxylation is 1. The molecular weight excluding hydrogens is 268 g/mol. The lowest BCUT2D eigenvalue weighted by molar-refractivity contribution is -0.129. The summed E-state index contributed by atoms with van der Waals surface area (Å²) in [5.41, 5.74) is 2.00. The molecule has 0 bridgehead atoms. The Hall–Kier alpha value is -1.59. The quantitative estimate of drug-likeness (QED) is 0.887. The van der Waals surface area contributed by atoms with E-state index in [4.69, 9.17) is 4.74 Å². The average molecular weight is 292 g/mol. The van der Waals surface area contributed by atoms with Crippen molar-refractivity contribution >= 4 is 5.91 Å². The first-order valence-corrected chi connectivity index (χ1v) is 7.18. The number of carbonyl (C=O) groups is 1. The van der Waals surface area contributed by atoms with E-state index in [0.29, 0.717) is 19.5 Å². The third-order valence-corrected chi connectivity index (χ3v) is 4.05. The molecule has 2 rings (SSSR count). The van der Waals surface area contributed by atoms with Crippen molar-refractivity contribution in [1.82, 2.24) is 9.80 Å². The van der Waals surface area contributed by atoms with E-state index in [2.05, 4.69) is 0 Å². The van der Waals surface area contributed by atoms with Crippen LogP contribution >= 0.6 is 0 Å². The standard InChI is InChI=1S/C16H24N2O3/c1-11-5-6-15(21-4)12(7-11)8-16(20)18-9-13(17(2)3)14(19)10-18/h5-7,13-14,19H,8-10H2,1-4H3/t13-,14-/m1/s1. The van der Waals surface area contributed by atoms with Crippen molar-refractivity contribution in [1.29, 1.82) is 0 Å². The summed E-state index contributed by atoms with van der Waals surface area (Å²) in [5.74, 6) is 0.764. The van der Waals surface area contributed by atoms with Crippen molar-refractivity contribution < 1.29 is 14.6 Å². The number of hydrogen-bond donors (Lipinski definition) is 1. The van der Waals surface area contributed by atoms with Gasteiger partial charge < -0.3 is 19.6 Å². The number of β-amino-alcohol motifs (C(OH)–C–C–N with tert-alkyl or cyclic N) is 1. The van der Waals surface area contributed by atoms with Crippen LogP contribution in [0.15, 0.2) is 18.2 Å². The predicted octanol–water partition coefficient (Wildman–Crippen LogP) is 0.679. The predicted molar refractivity (Wildman–Crippen MR) is 81.5 cm³/mol. The SMILES string of the molecule is COc1ccc(C)cc1CC(=O)N1C[C@@H](O)[C@H](N(C)C)C1. The second-order valence-electron chi connectivity index (χ2n) is 5.89. The molecule has 2 atom stereocenters. The number of amides is 1. The van der Waals surface area contributed by atoms with Gasteiger partial charge in [-0.3, -0.25) is 4.79 Å². The van der Waals surface area contributed by atoms with E-state index in [0.717, 1.165) is 16.9 Å². The van der Waals surface area contributed by atoms with Crippen molar-refractivity contribution in [3.05, 3.63) is 29.3 Å². The van der Waals surface area contributed by atoms with Crippen LogP contribution in [-0.4, -0.2) is 67.3 Å². The number of aliphatic hydroxyl groups is 1. The molecule has 1 aromatic carbocycles. The monoisotopic (exact) mass is 292 g/mol. The summed E-state index contributed by atoms with van der Waals surface area (Å²) in [4.78, 5) is 16.1. The number of nitrogens with zero attached hydrogens (tertiary/aromatic N) is 2. The van der Waals surface area contributed by atoms with Crippen LogP contribution in [0.1, 0.15) is 11.1 Å². The molecule has 0 radical (unpaired) electrons. The maximum Gasteiger partial charge on any atom is 0.227 e. The summed E-state index contributed by atoms with van der Waals surface area (Å²) in [6.45, 7) is 2.96. The fourth-order valence-corrected chi connectivity index (χ4v) is 2.80. The highest BCUT2D eigenvalue weighted by Gasteiger charge is 2.35. The van der Waals surface area contributed by atoms with Gasteiger partial charge in [0.25, 0.3) is 0 Å². The molecular formula is C16H24N2O3. The number of ether oxygens (including phenoxy) is 1. The van der Waals surface area contributed by atoms with Gasteiger partial charge in [0.2, 0.25) is 5.91 Å². The highest BCUT2D eigenvalue weighted by molar-refractivity contribution is 5.80. The van der Waals surface area contributed by atoms with Gasteiger partial charge in [0.15, 0.2) is 0 Å². The highest BCUT2D eigenvalue weighted by atomic mass is 16.5. The van der Waals surface area contributed by atoms with Crippen LogP contribution in [0.2, 0.25) is 0 Å². The van der Waals surface area contributed by atoms with Gasteiger partial charge in [-0.05, 0) is 27.1 Å². The van der Waals surface area contributed by atoms with E-state index in [-0.39, 0.29) is 11.9 Å². The third kappa shape index (κ3) is 3.54. The Morgan fingerprint density at radius 3 is 2.71 bits per heavy atom. The van der Waals surface area contributed by atoms with E-state index in [9.17, 15) is 9.90 Å². The van der Waals surface area contributed by atoms with Gasteiger partial charge in [0.1, 0.15) is 5.75 Å². The molecule has 0 aliphatic carbocycles. The number of methoxy groups -OCH3 is 1. The van der Waals surface area contributed by atoms with Crippen LogP contribution in [0, 0.1) is 6.92 Å². The van der Waals surface area contributed by atoms with E-state index < -0.39 is 6.10 Å². The second-order valence-corrected chi connectivity index (χ2v) is 5.89. The molecule has 1 aromatic rings. The molecule has 5 heteroatoms. The normalized spacial score (nSPS) is 21.9. The van der Waals surface area contributed by atoms with Gasteiger partial charge in [0, 0.05) is 18.7 Å². The molecule has 1 N–H and O–H groups in total. The summed E-state index contributed by atoms with van der Waals surface area (Å²) in [6, 6.07) is 5.84. The molecule has 1 aliphatic rings. The first kappa shape index (κ1) is 15.8. The van der Waals surface area contributed by atoms with Crippen LogP contribution in [0.3, 0.4) is 0 Å². The Kier molecular flexibility index (Phi) is 4.85. The van der Waals surface area contributed by atoms with Crippen molar-refractivity contribution in [2.24, 2.45) is 0 Å². The Morgan fingerprint density at radius 2 is 2.14 bits per heavy atom. The number of rotatable bonds is 4. The Bertz CT molecular complexity index is 516. The van der Waals surface area contributed by atoms with Gasteiger partial charge in [-0.25, -0.2) is 0 Å². The summed E-state index contributed by atoms with van der Waals surface area (Å²) < 4.78 is 5.32. The molecule has 0 spiro atoms. The Balaban J connectivity index is 2.07. The molecule has 0 saturated carbocycles. The lowest BCUT2D eigenvalue weighted by atomic mass is 10.1. The summed E-state index contributed by atoms with van der Waals surface area (Å²) in [5, 5.41) is 10.0. The molecule has 116 valence electrons. The smallest absolute Gasteiger partial charge is 0.227 e. The maximum atomic E-state index is 12.4. The van der Waals surface area contributed by atoms with Crippen molar-refractivity contribution in [3.8, 4) is 5.75 Å². The van der Waals surface area contributed by atoms with Crippen LogP contribution in [0.5, 0.6) is 5.75 Å². The van der Waals surface area contributed by atoms with Gasteiger partial charge in [-0.15, -0.1) is 0 Å². The Labute approximate surface area is 126 Å². The minimum atomic E-state index is -0.483. The molecule has 1 amide bonds. The molecule has 0 unspecified atom stereocenters. The van der Waals surface area contributed by atoms with E-state index in [1.807, 2.05) is 44.1 Å². The molecule has 1 aliphatic heterocycles. The first-order valence-electron chi connectivity index (χ1n) is 7.18. The minimum absolute atomic E-state index is 0.00774. The topological polar surface area (TPSA) is 53.0 Å². The van der Waals surface area contributed by atoms with Crippen molar-refractivity contribution in [2.75, 3.05) is 34.3 Å². The van der Waals surface area contributed by atoms with Gasteiger partial charge >= 0.3 is 0 Å². The summed E-state index contributed by atoms with van der Waals surface area (Å²) in [7, 11) is 5.46. The lowest BCUT2D eigenvalue weighted by Crippen LogP contribution is -2.38. The zero-order valence-electron chi connectivity index (χ0n) is 13.2. The number of carbonyl (C=O) groups excluding carboxylic acids is 1. The fraction of sp³-hybridized carbons (Fsp3) is 0.562. The number of aliphatic hydroxyl groups excluding tert-OH is 1. The van der Waals surface area contributed by atoms with Crippen LogP contribution in [0.4, 0.5) is 0 Å². The zero-order chi connectivity index (χ0) is 15.6. The molecule has 5 nitrogen and oxygen atoms in total. The van der Waals surface area contributed by atoms with E-state index in [1.165, 1.54) is 0 Å². The van der Waals surface area contributed by atoms with Crippen LogP contribution in [-0.2, 0) is 11.2 Å². The minimum Gasteiger partial charge on any atom is -0.496 e. The van der Waals surface area contributed by atoms with Crippen LogP contribution < -0.4 is 4.74 Å². The highest BCUT2D eigenvalue weighted by Crippen LogP contribution is 2.22. The number of likely N-dealkylation sites (N-methyl/N-ethyl adjacent to an activating group) is 1. The molecule has 1 saturated heterocycles. The first-order chi connectivity index (χ1) is 9.92. The summed E-state index contributed by atoms with van der Waals surface area (Å²) >= 11 is 0. The van der Waals surface area contributed by atoms with E-state index in [1.54, 1.807) is 12.0 Å². The van der Waals surface area contributed by atoms with Crippen LogP contribution in [0.25, 0.3) is 0 Å². The molecule has 0 aromatic heterocycles. The largest absolute Gasteiger partial charge is 0.496 e. The van der Waals surface area contributed by atoms with Gasteiger partial charge in [-0.2, -0.15) is 0 Å². The number of benzene rings is 1. The lowest BCUT2D eigenvalue weighted by Gasteiger charge is -2.21. The zero-order valence-corrected chi connectivity index (χ0v) is 13.2. The van der Waals surface area contributed by atoms with Crippen molar-refractivity contribution in [2.45, 2.75) is 25.5 Å². The molecule has 21 heavy (non-hydrogen) atoms. The number of hydrogen-bond acceptors (Lipinski definition) is 4. The number of likely N-dealkylation sites (tertiary alicyclic amines) is 1. The van der Waals surface area contributed by atoms with Crippen molar-refractivity contribution in [3.63, 3.8) is 0 Å². The second kappa shape index (κ2) is 6.45. The van der Waals surface area contributed by atoms with Gasteiger partial charge in [-0.1, -0.05) is 17.7 Å². The maximum absolute atomic E-state index is 12.4. The van der Waals surface area contributed by atoms with Gasteiger partial charge in [0.05, 0.1) is 25.7 Å².